The lowest BCUT2D eigenvalue weighted by atomic mass is 9.87. The van der Waals surface area contributed by atoms with Crippen LogP contribution in [0.4, 0.5) is 0 Å². The molecule has 0 bridgehead atoms. The van der Waals surface area contributed by atoms with Crippen LogP contribution in [0, 0.1) is 11.8 Å². The third-order valence-corrected chi connectivity index (χ3v) is 5.57. The van der Waals surface area contributed by atoms with Gasteiger partial charge in [-0.05, 0) is 43.2 Å². The Balaban J connectivity index is 1.82. The molecule has 0 radical (unpaired) electrons. The lowest BCUT2D eigenvalue weighted by molar-refractivity contribution is -0.157. The van der Waals surface area contributed by atoms with E-state index in [0.717, 1.165) is 19.3 Å². The molecule has 1 aromatic carbocycles. The van der Waals surface area contributed by atoms with Crippen LogP contribution in [0.2, 0.25) is 0 Å². The number of rotatable bonds is 10. The third kappa shape index (κ3) is 5.33. The third-order valence-electron chi connectivity index (χ3n) is 5.57. The Labute approximate surface area is 187 Å². The normalized spacial score (nSPS) is 24.1. The molecule has 1 aromatic rings. The minimum absolute atomic E-state index is 0.0430. The molecule has 7 heteroatoms. The van der Waals surface area contributed by atoms with Crippen LogP contribution in [0.3, 0.4) is 0 Å². The van der Waals surface area contributed by atoms with Crippen molar-refractivity contribution in [3.63, 3.8) is 0 Å². The maximum Gasteiger partial charge on any atom is 0.338 e. The van der Waals surface area contributed by atoms with Gasteiger partial charge in [0.05, 0.1) is 12.2 Å². The number of unbranched alkanes of at least 4 members (excludes halogenated alkanes) is 2. The van der Waals surface area contributed by atoms with Gasteiger partial charge in [0.1, 0.15) is 0 Å². The van der Waals surface area contributed by atoms with Crippen LogP contribution in [-0.4, -0.2) is 42.5 Å². The number of hydrogen-bond acceptors (Lipinski definition) is 7. The standard InChI is InChI=1S/C25H28O7/c1-3-5-7-12-18(26)14-13-17-15-19(31-23(27)16-10-8-6-9-11-16)22-20(17)21(25(29)32-22)24(28)30-4-2/h6,8-11,13-15,19-22H,3-5,7,12H2,1-2H3/t19-,20+,21-,22+/m1/s1. The number of carbonyl (C=O) groups excluding carboxylic acids is 4. The molecule has 170 valence electrons. The van der Waals surface area contributed by atoms with Crippen LogP contribution in [-0.2, 0) is 28.6 Å². The van der Waals surface area contributed by atoms with E-state index in [1.807, 2.05) is 0 Å². The predicted octanol–water partition coefficient (Wildman–Crippen LogP) is 3.58. The van der Waals surface area contributed by atoms with Crippen molar-refractivity contribution in [2.75, 3.05) is 6.61 Å². The average molecular weight is 440 g/mol. The minimum atomic E-state index is -1.16. The van der Waals surface area contributed by atoms with E-state index in [1.54, 1.807) is 49.4 Å². The highest BCUT2D eigenvalue weighted by atomic mass is 16.6. The summed E-state index contributed by atoms with van der Waals surface area (Å²) in [5.74, 6) is -3.86. The monoisotopic (exact) mass is 440 g/mol. The molecular formula is C25H28O7. The van der Waals surface area contributed by atoms with Crippen molar-refractivity contribution in [1.82, 2.24) is 0 Å². The molecule has 1 heterocycles. The van der Waals surface area contributed by atoms with Crippen molar-refractivity contribution in [2.24, 2.45) is 11.8 Å². The van der Waals surface area contributed by atoms with Crippen molar-refractivity contribution < 1.29 is 33.4 Å². The Hall–Kier alpha value is -3.22. The first-order valence-electron chi connectivity index (χ1n) is 11.0. The molecule has 0 aromatic heterocycles. The van der Waals surface area contributed by atoms with Crippen LogP contribution < -0.4 is 0 Å². The number of hydrogen-bond donors (Lipinski definition) is 0. The molecule has 7 nitrogen and oxygen atoms in total. The van der Waals surface area contributed by atoms with Crippen molar-refractivity contribution in [3.8, 4) is 0 Å². The first-order valence-corrected chi connectivity index (χ1v) is 11.0. The highest BCUT2D eigenvalue weighted by Gasteiger charge is 2.57. The fourth-order valence-electron chi connectivity index (χ4n) is 4.00. The highest BCUT2D eigenvalue weighted by Crippen LogP contribution is 2.43. The van der Waals surface area contributed by atoms with Crippen LogP contribution in [0.1, 0.15) is 49.9 Å². The maximum absolute atomic E-state index is 12.6. The van der Waals surface area contributed by atoms with E-state index in [0.29, 0.717) is 17.6 Å². The Morgan fingerprint density at radius 2 is 1.84 bits per heavy atom. The van der Waals surface area contributed by atoms with Gasteiger partial charge in [-0.15, -0.1) is 0 Å². The van der Waals surface area contributed by atoms with E-state index < -0.39 is 42.0 Å². The Morgan fingerprint density at radius 3 is 2.53 bits per heavy atom. The van der Waals surface area contributed by atoms with Crippen LogP contribution in [0.15, 0.2) is 54.1 Å². The van der Waals surface area contributed by atoms with E-state index in [-0.39, 0.29) is 12.4 Å². The van der Waals surface area contributed by atoms with Gasteiger partial charge in [-0.1, -0.05) is 44.0 Å². The summed E-state index contributed by atoms with van der Waals surface area (Å²) >= 11 is 0. The van der Waals surface area contributed by atoms with Crippen LogP contribution in [0.25, 0.3) is 0 Å². The molecule has 0 saturated carbocycles. The molecule has 32 heavy (non-hydrogen) atoms. The second kappa shape index (κ2) is 10.9. The van der Waals surface area contributed by atoms with Crippen LogP contribution in [0.5, 0.6) is 0 Å². The highest BCUT2D eigenvalue weighted by molar-refractivity contribution is 5.98. The molecule has 0 unspecified atom stereocenters. The van der Waals surface area contributed by atoms with E-state index in [9.17, 15) is 19.2 Å². The second-order valence-corrected chi connectivity index (χ2v) is 7.82. The van der Waals surface area contributed by atoms with Gasteiger partial charge in [-0.2, -0.15) is 0 Å². The zero-order chi connectivity index (χ0) is 23.1. The minimum Gasteiger partial charge on any atom is -0.465 e. The van der Waals surface area contributed by atoms with Gasteiger partial charge >= 0.3 is 17.9 Å². The number of ketones is 1. The predicted molar refractivity (Wildman–Crippen MR) is 116 cm³/mol. The molecule has 1 saturated heterocycles. The number of fused-ring (bicyclic) bond motifs is 1. The molecule has 1 fully saturated rings. The SMILES string of the molecule is CCCCCC(=O)C=CC1=C[C@@H](OC(=O)c2ccccc2)[C@@H]2OC(=O)[C@@H](C(=O)OCC)[C@H]12. The van der Waals surface area contributed by atoms with Gasteiger partial charge in [0.15, 0.2) is 23.9 Å². The molecule has 2 aliphatic rings. The lowest BCUT2D eigenvalue weighted by Crippen LogP contribution is -2.32. The van der Waals surface area contributed by atoms with E-state index in [1.165, 1.54) is 6.08 Å². The number of carbonyl (C=O) groups is 4. The summed E-state index contributed by atoms with van der Waals surface area (Å²) < 4.78 is 16.1. The number of benzene rings is 1. The summed E-state index contributed by atoms with van der Waals surface area (Å²) in [5.41, 5.74) is 0.910. The molecule has 0 amide bonds. The van der Waals surface area contributed by atoms with Gasteiger partial charge < -0.3 is 14.2 Å². The lowest BCUT2D eigenvalue weighted by Gasteiger charge is -2.19. The first-order chi connectivity index (χ1) is 15.5. The van der Waals surface area contributed by atoms with Crippen molar-refractivity contribution in [2.45, 2.75) is 51.7 Å². The zero-order valence-electron chi connectivity index (χ0n) is 18.3. The van der Waals surface area contributed by atoms with Gasteiger partial charge in [0.25, 0.3) is 0 Å². The van der Waals surface area contributed by atoms with Crippen molar-refractivity contribution in [3.05, 3.63) is 59.7 Å². The van der Waals surface area contributed by atoms with E-state index in [2.05, 4.69) is 6.92 Å². The van der Waals surface area contributed by atoms with E-state index in [4.69, 9.17) is 14.2 Å². The Morgan fingerprint density at radius 1 is 1.09 bits per heavy atom. The van der Waals surface area contributed by atoms with Crippen LogP contribution >= 0.6 is 0 Å². The number of allylic oxidation sites excluding steroid dienone is 2. The summed E-state index contributed by atoms with van der Waals surface area (Å²) in [6.07, 6.45) is 6.18. The molecule has 0 spiro atoms. The smallest absolute Gasteiger partial charge is 0.338 e. The topological polar surface area (TPSA) is 96.0 Å². The summed E-state index contributed by atoms with van der Waals surface area (Å²) in [4.78, 5) is 49.7. The summed E-state index contributed by atoms with van der Waals surface area (Å²) in [7, 11) is 0. The quantitative estimate of drug-likeness (QED) is 0.180. The molecule has 4 atom stereocenters. The van der Waals surface area contributed by atoms with Gasteiger partial charge in [-0.3, -0.25) is 14.4 Å². The summed E-state index contributed by atoms with van der Waals surface area (Å²) in [6.45, 7) is 3.84. The van der Waals surface area contributed by atoms with Gasteiger partial charge in [0, 0.05) is 12.3 Å². The fourth-order valence-corrected chi connectivity index (χ4v) is 4.00. The molecular weight excluding hydrogens is 412 g/mol. The largest absolute Gasteiger partial charge is 0.465 e. The molecule has 0 N–H and O–H groups in total. The summed E-state index contributed by atoms with van der Waals surface area (Å²) in [5, 5.41) is 0. The fraction of sp³-hybridized carbons (Fsp3) is 0.440. The molecule has 1 aliphatic heterocycles. The average Bonchev–Trinajstić information content (AvgIpc) is 3.29. The number of esters is 3. The number of ether oxygens (including phenoxy) is 3. The Bertz CT molecular complexity index is 915. The Kier molecular flexibility index (Phi) is 7.98. The van der Waals surface area contributed by atoms with Gasteiger partial charge in [0.2, 0.25) is 0 Å². The van der Waals surface area contributed by atoms with Gasteiger partial charge in [-0.25, -0.2) is 4.79 Å². The zero-order valence-corrected chi connectivity index (χ0v) is 18.3. The summed E-state index contributed by atoms with van der Waals surface area (Å²) in [6, 6.07) is 8.46. The molecule has 3 rings (SSSR count). The second-order valence-electron chi connectivity index (χ2n) is 7.82. The van der Waals surface area contributed by atoms with E-state index >= 15 is 0 Å². The maximum atomic E-state index is 12.6. The molecule has 1 aliphatic carbocycles. The first kappa shape index (κ1) is 23.4. The van der Waals surface area contributed by atoms with Crippen molar-refractivity contribution >= 4 is 23.7 Å². The van der Waals surface area contributed by atoms with Crippen molar-refractivity contribution in [1.29, 1.82) is 0 Å².